The van der Waals surface area contributed by atoms with Gasteiger partial charge in [-0.2, -0.15) is 23.5 Å². The first kappa shape index (κ1) is 23.2. The highest BCUT2D eigenvalue weighted by Crippen LogP contribution is 2.28. The number of halogens is 3. The Morgan fingerprint density at radius 2 is 1.91 bits per heavy atom. The number of anilines is 1. The van der Waals surface area contributed by atoms with Crippen LogP contribution >= 0.6 is 0 Å². The van der Waals surface area contributed by atoms with E-state index in [9.17, 15) is 28.0 Å². The fourth-order valence-electron chi connectivity index (χ4n) is 3.60. The Bertz CT molecular complexity index is 1290. The minimum atomic E-state index is -4.69. The summed E-state index contributed by atoms with van der Waals surface area (Å²) in [4.78, 5) is 32.4. The smallest absolute Gasteiger partial charge is 0.339 e. The van der Waals surface area contributed by atoms with Gasteiger partial charge in [-0.3, -0.25) is 14.3 Å². The number of nitrogens with one attached hydrogen (secondary N) is 1. The molecule has 176 valence electrons. The summed E-state index contributed by atoms with van der Waals surface area (Å²) in [6.45, 7) is 2.88. The zero-order valence-electron chi connectivity index (χ0n) is 18.1. The van der Waals surface area contributed by atoms with Gasteiger partial charge in [0.1, 0.15) is 24.0 Å². The van der Waals surface area contributed by atoms with Gasteiger partial charge in [0, 0.05) is 37.8 Å². The quantitative estimate of drug-likeness (QED) is 0.626. The number of hydrogen-bond acceptors (Lipinski definition) is 6. The number of pyridine rings is 1. The maximum absolute atomic E-state index is 12.9. The number of hydrogen-bond donors (Lipinski definition) is 1. The Labute approximate surface area is 192 Å². The van der Waals surface area contributed by atoms with Gasteiger partial charge in [-0.25, -0.2) is 4.98 Å². The maximum Gasteiger partial charge on any atom is 0.433 e. The Balaban J connectivity index is 1.54. The van der Waals surface area contributed by atoms with Crippen molar-refractivity contribution in [3.8, 4) is 6.07 Å². The molecule has 1 N–H and O–H groups in total. The summed E-state index contributed by atoms with van der Waals surface area (Å²) < 4.78 is 40.2. The van der Waals surface area contributed by atoms with E-state index in [-0.39, 0.29) is 23.7 Å². The van der Waals surface area contributed by atoms with Gasteiger partial charge in [0.15, 0.2) is 0 Å². The lowest BCUT2D eigenvalue weighted by Gasteiger charge is -2.32. The van der Waals surface area contributed by atoms with Crippen LogP contribution < -0.4 is 5.32 Å². The number of amides is 2. The van der Waals surface area contributed by atoms with Gasteiger partial charge in [0.25, 0.3) is 5.91 Å². The van der Waals surface area contributed by atoms with Gasteiger partial charge in [0.05, 0.1) is 16.8 Å². The highest BCUT2D eigenvalue weighted by Gasteiger charge is 2.33. The van der Waals surface area contributed by atoms with E-state index < -0.39 is 23.5 Å². The van der Waals surface area contributed by atoms with Crippen molar-refractivity contribution in [1.82, 2.24) is 24.6 Å². The number of nitriles is 1. The molecule has 0 unspecified atom stereocenters. The zero-order valence-corrected chi connectivity index (χ0v) is 18.1. The van der Waals surface area contributed by atoms with Gasteiger partial charge in [0.2, 0.25) is 5.91 Å². The van der Waals surface area contributed by atoms with Crippen molar-refractivity contribution in [3.63, 3.8) is 0 Å². The summed E-state index contributed by atoms with van der Waals surface area (Å²) in [6, 6.07) is 7.88. The Morgan fingerprint density at radius 3 is 2.59 bits per heavy atom. The maximum atomic E-state index is 12.9. The standard InChI is InChI=1S/C22H20F3N7O2/c1-30-5-7-31(8-6-30)20(33)13-32-12-15-10-17(14(11-26)9-18(15)29-32)28-21(34)16-3-2-4-19(27-16)22(23,24)25/h2-4,9-10,12H,5-8,13H2,1H3,(H,28,34). The number of carbonyl (C=O) groups excluding carboxylic acids is 2. The predicted octanol–water partition coefficient (Wildman–Crippen LogP) is 2.35. The highest BCUT2D eigenvalue weighted by atomic mass is 19.4. The summed E-state index contributed by atoms with van der Waals surface area (Å²) in [6.07, 6.45) is -3.08. The van der Waals surface area contributed by atoms with E-state index in [1.54, 1.807) is 11.1 Å². The van der Waals surface area contributed by atoms with Crippen LogP contribution in [0.2, 0.25) is 0 Å². The SMILES string of the molecule is CN1CCN(C(=O)Cn2cc3cc(NC(=O)c4cccc(C(F)(F)F)n4)c(C#N)cc3n2)CC1. The second kappa shape index (κ2) is 9.11. The molecule has 1 fully saturated rings. The van der Waals surface area contributed by atoms with E-state index in [2.05, 4.69) is 20.3 Å². The largest absolute Gasteiger partial charge is 0.433 e. The van der Waals surface area contributed by atoms with Gasteiger partial charge >= 0.3 is 6.18 Å². The minimum Gasteiger partial charge on any atom is -0.339 e. The van der Waals surface area contributed by atoms with Crippen molar-refractivity contribution in [3.05, 3.63) is 53.5 Å². The van der Waals surface area contributed by atoms with Crippen LogP contribution in [0.15, 0.2) is 36.5 Å². The molecular weight excluding hydrogens is 451 g/mol. The molecule has 1 aliphatic heterocycles. The molecule has 1 aromatic carbocycles. The number of benzene rings is 1. The molecule has 12 heteroatoms. The van der Waals surface area contributed by atoms with Crippen LogP contribution in [0.1, 0.15) is 21.7 Å². The third kappa shape index (κ3) is 4.99. The third-order valence-electron chi connectivity index (χ3n) is 5.49. The minimum absolute atomic E-state index is 0.0239. The monoisotopic (exact) mass is 471 g/mol. The van der Waals surface area contributed by atoms with E-state index in [1.807, 2.05) is 13.1 Å². The predicted molar refractivity (Wildman–Crippen MR) is 116 cm³/mol. The van der Waals surface area contributed by atoms with E-state index in [4.69, 9.17) is 0 Å². The number of likely N-dealkylation sites (N-methyl/N-ethyl adjacent to an activating group) is 1. The lowest BCUT2D eigenvalue weighted by atomic mass is 10.1. The summed E-state index contributed by atoms with van der Waals surface area (Å²) in [5.41, 5.74) is -1.01. The molecule has 0 spiro atoms. The summed E-state index contributed by atoms with van der Waals surface area (Å²) >= 11 is 0. The van der Waals surface area contributed by atoms with Crippen molar-refractivity contribution in [2.75, 3.05) is 38.5 Å². The lowest BCUT2D eigenvalue weighted by Crippen LogP contribution is -2.48. The summed E-state index contributed by atoms with van der Waals surface area (Å²) in [7, 11) is 1.99. The second-order valence-corrected chi connectivity index (χ2v) is 7.94. The van der Waals surface area contributed by atoms with E-state index in [1.165, 1.54) is 16.8 Å². The Morgan fingerprint density at radius 1 is 1.18 bits per heavy atom. The number of carbonyl (C=O) groups is 2. The number of piperazine rings is 1. The van der Waals surface area contributed by atoms with Crippen LogP contribution in [0.3, 0.4) is 0 Å². The highest BCUT2D eigenvalue weighted by molar-refractivity contribution is 6.04. The van der Waals surface area contributed by atoms with Gasteiger partial charge < -0.3 is 15.1 Å². The number of nitrogens with zero attached hydrogens (tertiary/aromatic N) is 6. The summed E-state index contributed by atoms with van der Waals surface area (Å²) in [5, 5.41) is 16.8. The molecule has 0 atom stereocenters. The van der Waals surface area contributed by atoms with Crippen LogP contribution in [-0.2, 0) is 17.5 Å². The van der Waals surface area contributed by atoms with E-state index in [0.717, 1.165) is 31.3 Å². The van der Waals surface area contributed by atoms with E-state index >= 15 is 0 Å². The van der Waals surface area contributed by atoms with Gasteiger partial charge in [-0.1, -0.05) is 6.07 Å². The normalized spacial score (nSPS) is 14.7. The molecule has 34 heavy (non-hydrogen) atoms. The molecule has 0 radical (unpaired) electrons. The molecule has 0 saturated carbocycles. The molecule has 2 amide bonds. The van der Waals surface area contributed by atoms with Gasteiger partial charge in [-0.05, 0) is 31.3 Å². The topological polar surface area (TPSA) is 107 Å². The first-order chi connectivity index (χ1) is 16.1. The Kier molecular flexibility index (Phi) is 6.21. The number of alkyl halides is 3. The first-order valence-electron chi connectivity index (χ1n) is 10.4. The second-order valence-electron chi connectivity index (χ2n) is 7.94. The molecule has 1 aliphatic rings. The van der Waals surface area contributed by atoms with Crippen LogP contribution in [0.4, 0.5) is 18.9 Å². The van der Waals surface area contributed by atoms with Crippen molar-refractivity contribution in [2.45, 2.75) is 12.7 Å². The molecule has 9 nitrogen and oxygen atoms in total. The molecule has 2 aromatic heterocycles. The molecular formula is C22H20F3N7O2. The van der Waals surface area contributed by atoms with Crippen LogP contribution in [0, 0.1) is 11.3 Å². The molecule has 4 rings (SSSR count). The van der Waals surface area contributed by atoms with Crippen LogP contribution in [-0.4, -0.2) is 69.6 Å². The summed E-state index contributed by atoms with van der Waals surface area (Å²) in [5.74, 6) is -0.967. The van der Waals surface area contributed by atoms with Crippen molar-refractivity contribution < 1.29 is 22.8 Å². The molecule has 3 heterocycles. The molecule has 0 bridgehead atoms. The van der Waals surface area contributed by atoms with Crippen LogP contribution in [0.25, 0.3) is 10.9 Å². The van der Waals surface area contributed by atoms with Gasteiger partial charge in [-0.15, -0.1) is 0 Å². The van der Waals surface area contributed by atoms with Crippen molar-refractivity contribution >= 4 is 28.4 Å². The third-order valence-corrected chi connectivity index (χ3v) is 5.49. The van der Waals surface area contributed by atoms with Crippen LogP contribution in [0.5, 0.6) is 0 Å². The first-order valence-corrected chi connectivity index (χ1v) is 10.4. The number of aromatic nitrogens is 3. The average Bonchev–Trinajstić information content (AvgIpc) is 3.19. The fraction of sp³-hybridized carbons (Fsp3) is 0.318. The lowest BCUT2D eigenvalue weighted by molar-refractivity contribution is -0.141. The fourth-order valence-corrected chi connectivity index (χ4v) is 3.60. The molecule has 0 aliphatic carbocycles. The average molecular weight is 471 g/mol. The van der Waals surface area contributed by atoms with Crippen molar-refractivity contribution in [2.24, 2.45) is 0 Å². The zero-order chi connectivity index (χ0) is 24.5. The number of fused-ring (bicyclic) bond motifs is 1. The van der Waals surface area contributed by atoms with Crippen molar-refractivity contribution in [1.29, 1.82) is 5.26 Å². The Hall–Kier alpha value is -3.98. The molecule has 1 saturated heterocycles. The van der Waals surface area contributed by atoms with E-state index in [0.29, 0.717) is 24.0 Å². The number of rotatable bonds is 4. The molecule has 3 aromatic rings.